The summed E-state index contributed by atoms with van der Waals surface area (Å²) in [5.41, 5.74) is 5.04. The van der Waals surface area contributed by atoms with E-state index < -0.39 is 17.7 Å². The van der Waals surface area contributed by atoms with E-state index in [1.807, 2.05) is 0 Å². The first-order chi connectivity index (χ1) is 8.38. The summed E-state index contributed by atoms with van der Waals surface area (Å²) in [7, 11) is 0. The molecule has 2 rings (SSSR count). The van der Waals surface area contributed by atoms with Crippen molar-refractivity contribution in [1.82, 2.24) is 9.97 Å². The van der Waals surface area contributed by atoms with E-state index in [1.165, 1.54) is 6.07 Å². The molecule has 0 bridgehead atoms. The van der Waals surface area contributed by atoms with Crippen LogP contribution in [0.5, 0.6) is 0 Å². The van der Waals surface area contributed by atoms with E-state index in [9.17, 15) is 17.6 Å². The van der Waals surface area contributed by atoms with E-state index in [4.69, 9.17) is 5.73 Å². The second-order valence-corrected chi connectivity index (χ2v) is 3.52. The van der Waals surface area contributed by atoms with Crippen LogP contribution >= 0.6 is 0 Å². The van der Waals surface area contributed by atoms with Crippen molar-refractivity contribution in [1.29, 1.82) is 0 Å². The van der Waals surface area contributed by atoms with Crippen molar-refractivity contribution in [2.45, 2.75) is 6.18 Å². The monoisotopic (exact) mass is 257 g/mol. The van der Waals surface area contributed by atoms with Crippen LogP contribution in [0.2, 0.25) is 0 Å². The van der Waals surface area contributed by atoms with Gasteiger partial charge in [0.15, 0.2) is 0 Å². The van der Waals surface area contributed by atoms with Gasteiger partial charge in [0.05, 0.1) is 17.6 Å². The molecule has 0 aliphatic carbocycles. The molecule has 2 aromatic rings. The van der Waals surface area contributed by atoms with E-state index in [2.05, 4.69) is 9.97 Å². The van der Waals surface area contributed by atoms with Crippen molar-refractivity contribution in [2.24, 2.45) is 0 Å². The highest BCUT2D eigenvalue weighted by Crippen LogP contribution is 2.29. The third-order valence-electron chi connectivity index (χ3n) is 2.21. The van der Waals surface area contributed by atoms with Gasteiger partial charge in [-0.2, -0.15) is 13.2 Å². The van der Waals surface area contributed by atoms with Crippen molar-refractivity contribution in [3.63, 3.8) is 0 Å². The molecule has 0 spiro atoms. The highest BCUT2D eigenvalue weighted by Gasteiger charge is 2.32. The fourth-order valence-corrected chi connectivity index (χ4v) is 1.40. The van der Waals surface area contributed by atoms with Crippen molar-refractivity contribution < 1.29 is 17.6 Å². The molecule has 3 nitrogen and oxygen atoms in total. The average Bonchev–Trinajstić information content (AvgIpc) is 2.28. The van der Waals surface area contributed by atoms with Gasteiger partial charge in [-0.1, -0.05) is 0 Å². The van der Waals surface area contributed by atoms with Crippen LogP contribution in [0.4, 0.5) is 23.2 Å². The molecule has 94 valence electrons. The molecule has 2 heterocycles. The van der Waals surface area contributed by atoms with Crippen LogP contribution in [0.1, 0.15) is 5.69 Å². The van der Waals surface area contributed by atoms with E-state index >= 15 is 0 Å². The number of aromatic nitrogens is 2. The normalized spacial score (nSPS) is 11.6. The van der Waals surface area contributed by atoms with Crippen molar-refractivity contribution in [2.75, 3.05) is 5.73 Å². The largest absolute Gasteiger partial charge is 0.433 e. The minimum atomic E-state index is -4.50. The summed E-state index contributed by atoms with van der Waals surface area (Å²) in [5, 5.41) is 0. The number of nitrogens with zero attached hydrogens (tertiary/aromatic N) is 2. The number of nitrogen functional groups attached to an aromatic ring is 1. The fourth-order valence-electron chi connectivity index (χ4n) is 1.40. The van der Waals surface area contributed by atoms with Crippen LogP contribution in [0, 0.1) is 5.82 Å². The molecule has 0 atom stereocenters. The molecule has 7 heteroatoms. The Bertz CT molecular complexity index is 563. The summed E-state index contributed by atoms with van der Waals surface area (Å²) in [6.45, 7) is 0. The van der Waals surface area contributed by atoms with Crippen molar-refractivity contribution in [3.05, 3.63) is 42.1 Å². The van der Waals surface area contributed by atoms with Gasteiger partial charge in [0, 0.05) is 17.8 Å². The minimum Gasteiger partial charge on any atom is -0.397 e. The smallest absolute Gasteiger partial charge is 0.397 e. The molecular formula is C11H7F4N3. The molecule has 0 fully saturated rings. The van der Waals surface area contributed by atoms with Gasteiger partial charge in [-0.25, -0.2) is 4.39 Å². The zero-order valence-electron chi connectivity index (χ0n) is 8.87. The Kier molecular flexibility index (Phi) is 2.90. The van der Waals surface area contributed by atoms with Gasteiger partial charge >= 0.3 is 6.18 Å². The lowest BCUT2D eigenvalue weighted by Crippen LogP contribution is -2.07. The molecule has 0 saturated carbocycles. The van der Waals surface area contributed by atoms with Gasteiger partial charge < -0.3 is 5.73 Å². The van der Waals surface area contributed by atoms with E-state index in [1.54, 1.807) is 0 Å². The molecule has 18 heavy (non-hydrogen) atoms. The Hall–Kier alpha value is -2.18. The van der Waals surface area contributed by atoms with E-state index in [0.29, 0.717) is 5.56 Å². The van der Waals surface area contributed by atoms with Gasteiger partial charge in [0.25, 0.3) is 0 Å². The van der Waals surface area contributed by atoms with Crippen LogP contribution in [-0.4, -0.2) is 9.97 Å². The average molecular weight is 257 g/mol. The number of hydrogen-bond acceptors (Lipinski definition) is 3. The Morgan fingerprint density at radius 1 is 1.06 bits per heavy atom. The molecule has 2 N–H and O–H groups in total. The topological polar surface area (TPSA) is 51.8 Å². The third-order valence-corrected chi connectivity index (χ3v) is 2.21. The molecule has 2 aromatic heterocycles. The standard InChI is InChI=1S/C11H7F4N3/c12-7-3-8(16)10(18-5-7)6-1-2-9(17-4-6)11(13,14)15/h1-5H,16H2. The zero-order valence-corrected chi connectivity index (χ0v) is 8.87. The van der Waals surface area contributed by atoms with Gasteiger partial charge in [0.2, 0.25) is 0 Å². The molecule has 0 aliphatic heterocycles. The highest BCUT2D eigenvalue weighted by atomic mass is 19.4. The lowest BCUT2D eigenvalue weighted by molar-refractivity contribution is -0.141. The highest BCUT2D eigenvalue weighted by molar-refractivity contribution is 5.71. The van der Waals surface area contributed by atoms with Crippen LogP contribution in [-0.2, 0) is 6.18 Å². The fraction of sp³-hybridized carbons (Fsp3) is 0.0909. The number of alkyl halides is 3. The lowest BCUT2D eigenvalue weighted by atomic mass is 10.1. The summed E-state index contributed by atoms with van der Waals surface area (Å²) in [4.78, 5) is 6.99. The predicted molar refractivity (Wildman–Crippen MR) is 56.8 cm³/mol. The maximum Gasteiger partial charge on any atom is 0.433 e. The van der Waals surface area contributed by atoms with Crippen LogP contribution in [0.3, 0.4) is 0 Å². The molecule has 0 unspecified atom stereocenters. The zero-order chi connectivity index (χ0) is 13.3. The second-order valence-electron chi connectivity index (χ2n) is 3.52. The van der Waals surface area contributed by atoms with Crippen molar-refractivity contribution in [3.8, 4) is 11.3 Å². The minimum absolute atomic E-state index is 0.0385. The molecule has 0 saturated heterocycles. The van der Waals surface area contributed by atoms with Gasteiger partial charge in [-0.3, -0.25) is 9.97 Å². The van der Waals surface area contributed by atoms with Crippen LogP contribution in [0.25, 0.3) is 11.3 Å². The number of rotatable bonds is 1. The van der Waals surface area contributed by atoms with Crippen LogP contribution in [0.15, 0.2) is 30.6 Å². The maximum absolute atomic E-state index is 12.8. The van der Waals surface area contributed by atoms with Crippen molar-refractivity contribution >= 4 is 5.69 Å². The van der Waals surface area contributed by atoms with E-state index in [0.717, 1.165) is 24.5 Å². The lowest BCUT2D eigenvalue weighted by Gasteiger charge is -2.07. The number of halogens is 4. The van der Waals surface area contributed by atoms with Gasteiger partial charge in [0.1, 0.15) is 11.5 Å². The summed E-state index contributed by atoms with van der Waals surface area (Å²) >= 11 is 0. The van der Waals surface area contributed by atoms with Gasteiger partial charge in [-0.15, -0.1) is 0 Å². The Balaban J connectivity index is 2.41. The number of nitrogens with two attached hydrogens (primary N) is 1. The molecule has 0 radical (unpaired) electrons. The quantitative estimate of drug-likeness (QED) is 0.799. The third kappa shape index (κ3) is 2.39. The molecule has 0 amide bonds. The Labute approximate surface area is 99.3 Å². The Morgan fingerprint density at radius 2 is 1.78 bits per heavy atom. The number of anilines is 1. The number of pyridine rings is 2. The first kappa shape index (κ1) is 12.3. The molecule has 0 aliphatic rings. The molecule has 0 aromatic carbocycles. The van der Waals surface area contributed by atoms with Gasteiger partial charge in [-0.05, 0) is 12.1 Å². The summed E-state index contributed by atoms with van der Waals surface area (Å²) in [6, 6.07) is 3.05. The summed E-state index contributed by atoms with van der Waals surface area (Å²) < 4.78 is 49.7. The first-order valence-corrected chi connectivity index (χ1v) is 4.82. The summed E-state index contributed by atoms with van der Waals surface area (Å²) in [5.74, 6) is -0.615. The first-order valence-electron chi connectivity index (χ1n) is 4.82. The van der Waals surface area contributed by atoms with Crippen LogP contribution < -0.4 is 5.73 Å². The second kappa shape index (κ2) is 4.25. The van der Waals surface area contributed by atoms with E-state index in [-0.39, 0.29) is 11.4 Å². The predicted octanol–water partition coefficient (Wildman–Crippen LogP) is 2.88. The Morgan fingerprint density at radius 3 is 2.28 bits per heavy atom. The molecular weight excluding hydrogens is 250 g/mol. The maximum atomic E-state index is 12.8. The summed E-state index contributed by atoms with van der Waals surface area (Å²) in [6.07, 6.45) is -2.57. The SMILES string of the molecule is Nc1cc(F)cnc1-c1ccc(C(F)(F)F)nc1. The number of hydrogen-bond donors (Lipinski definition) is 1.